The zero-order chi connectivity index (χ0) is 17.6. The first-order valence-corrected chi connectivity index (χ1v) is 8.33. The van der Waals surface area contributed by atoms with Crippen LogP contribution in [-0.4, -0.2) is 28.3 Å². The summed E-state index contributed by atoms with van der Waals surface area (Å²) in [6, 6.07) is 4.81. The minimum absolute atomic E-state index is 0.0211. The number of benzene rings is 1. The second kappa shape index (κ2) is 5.88. The van der Waals surface area contributed by atoms with Gasteiger partial charge in [0, 0.05) is 19.0 Å². The number of rotatable bonds is 3. The number of nitrogens with one attached hydrogen (secondary N) is 1. The number of nitriles is 1. The van der Waals surface area contributed by atoms with E-state index >= 15 is 0 Å². The largest absolute Gasteiger partial charge is 0.477 e. The number of fused-ring (bicyclic) bond motifs is 1. The molecule has 2 heterocycles. The number of carbonyl (C=O) groups is 1. The van der Waals surface area contributed by atoms with E-state index in [-0.39, 0.29) is 23.2 Å². The molecule has 1 saturated carbocycles. The number of halogens is 1. The number of ether oxygens (including phenoxy) is 1. The zero-order valence-electron chi connectivity index (χ0n) is 13.8. The highest BCUT2D eigenvalue weighted by Gasteiger charge is 2.31. The van der Waals surface area contributed by atoms with E-state index in [1.165, 1.54) is 12.1 Å². The summed E-state index contributed by atoms with van der Waals surface area (Å²) in [5.74, 6) is -0.404. The third-order valence-electron chi connectivity index (χ3n) is 4.49. The lowest BCUT2D eigenvalue weighted by Gasteiger charge is -2.17. The van der Waals surface area contributed by atoms with Gasteiger partial charge in [-0.25, -0.2) is 9.07 Å². The molecule has 1 fully saturated rings. The fraction of sp³-hybridized carbons (Fsp3) is 0.389. The van der Waals surface area contributed by atoms with Gasteiger partial charge in [0.15, 0.2) is 5.69 Å². The van der Waals surface area contributed by atoms with Crippen LogP contribution in [0, 0.1) is 24.1 Å². The topological polar surface area (TPSA) is 79.9 Å². The fourth-order valence-electron chi connectivity index (χ4n) is 3.05. The van der Waals surface area contributed by atoms with Gasteiger partial charge in [-0.3, -0.25) is 4.79 Å². The molecule has 0 saturated heterocycles. The maximum absolute atomic E-state index is 14.2. The number of aryl methyl sites for hydroxylation is 2. The summed E-state index contributed by atoms with van der Waals surface area (Å²) in [5.41, 5.74) is 1.95. The Morgan fingerprint density at radius 1 is 1.48 bits per heavy atom. The van der Waals surface area contributed by atoms with Crippen molar-refractivity contribution >= 4 is 5.91 Å². The van der Waals surface area contributed by atoms with E-state index in [0.717, 1.165) is 19.3 Å². The van der Waals surface area contributed by atoms with Crippen molar-refractivity contribution in [2.75, 3.05) is 6.61 Å². The average molecular weight is 340 g/mol. The maximum atomic E-state index is 14.2. The third kappa shape index (κ3) is 2.74. The van der Waals surface area contributed by atoms with E-state index in [1.807, 2.05) is 6.07 Å². The first-order chi connectivity index (χ1) is 12.1. The lowest BCUT2D eigenvalue weighted by Crippen LogP contribution is -2.26. The molecule has 1 amide bonds. The first kappa shape index (κ1) is 15.6. The van der Waals surface area contributed by atoms with Crippen LogP contribution in [0.4, 0.5) is 4.39 Å². The fourth-order valence-corrected chi connectivity index (χ4v) is 3.05. The van der Waals surface area contributed by atoms with Gasteiger partial charge in [-0.05, 0) is 43.0 Å². The minimum atomic E-state index is -0.618. The molecule has 1 aromatic heterocycles. The smallest absolute Gasteiger partial charge is 0.272 e. The van der Waals surface area contributed by atoms with Crippen molar-refractivity contribution in [3.63, 3.8) is 0 Å². The lowest BCUT2D eigenvalue weighted by atomic mass is 9.97. The van der Waals surface area contributed by atoms with E-state index in [2.05, 4.69) is 10.4 Å². The average Bonchev–Trinajstić information content (AvgIpc) is 3.33. The van der Waals surface area contributed by atoms with Gasteiger partial charge in [0.1, 0.15) is 11.9 Å². The van der Waals surface area contributed by atoms with Crippen molar-refractivity contribution in [2.45, 2.75) is 38.8 Å². The van der Waals surface area contributed by atoms with Gasteiger partial charge in [-0.2, -0.15) is 10.4 Å². The van der Waals surface area contributed by atoms with Crippen LogP contribution in [0.5, 0.6) is 5.88 Å². The van der Waals surface area contributed by atoms with Gasteiger partial charge in [0.05, 0.1) is 17.7 Å². The minimum Gasteiger partial charge on any atom is -0.477 e. The Balaban J connectivity index is 1.88. The van der Waals surface area contributed by atoms with Crippen LogP contribution < -0.4 is 10.1 Å². The number of nitrogens with zero attached hydrogens (tertiary/aromatic N) is 3. The molecule has 0 bridgehead atoms. The molecule has 1 aliphatic carbocycles. The van der Waals surface area contributed by atoms with Crippen LogP contribution >= 0.6 is 0 Å². The quantitative estimate of drug-likeness (QED) is 0.931. The molecule has 25 heavy (non-hydrogen) atoms. The van der Waals surface area contributed by atoms with Gasteiger partial charge >= 0.3 is 0 Å². The summed E-state index contributed by atoms with van der Waals surface area (Å²) in [6.07, 6.45) is 2.74. The molecule has 6 nitrogen and oxygen atoms in total. The molecule has 128 valence electrons. The van der Waals surface area contributed by atoms with Crippen LogP contribution in [0.2, 0.25) is 0 Å². The number of carbonyl (C=O) groups excluding carboxylic acids is 1. The van der Waals surface area contributed by atoms with Crippen LogP contribution in [0.1, 0.15) is 40.9 Å². The Morgan fingerprint density at radius 2 is 2.28 bits per heavy atom. The van der Waals surface area contributed by atoms with E-state index in [0.29, 0.717) is 35.7 Å². The van der Waals surface area contributed by atoms with E-state index in [1.54, 1.807) is 11.6 Å². The van der Waals surface area contributed by atoms with Crippen molar-refractivity contribution in [3.8, 4) is 23.1 Å². The Labute approximate surface area is 144 Å². The molecule has 2 aromatic rings. The molecule has 7 heteroatoms. The van der Waals surface area contributed by atoms with E-state index < -0.39 is 5.82 Å². The van der Waals surface area contributed by atoms with Crippen molar-refractivity contribution in [3.05, 3.63) is 34.8 Å². The highest BCUT2D eigenvalue weighted by atomic mass is 19.1. The van der Waals surface area contributed by atoms with Crippen LogP contribution in [-0.2, 0) is 6.54 Å². The van der Waals surface area contributed by atoms with Gasteiger partial charge < -0.3 is 10.1 Å². The van der Waals surface area contributed by atoms with Crippen LogP contribution in [0.15, 0.2) is 12.1 Å². The van der Waals surface area contributed by atoms with Gasteiger partial charge in [-0.1, -0.05) is 0 Å². The molecule has 1 aromatic carbocycles. The second-order valence-electron chi connectivity index (χ2n) is 6.46. The van der Waals surface area contributed by atoms with Crippen molar-refractivity contribution in [1.29, 1.82) is 5.26 Å². The Bertz CT molecular complexity index is 909. The van der Waals surface area contributed by atoms with Gasteiger partial charge in [0.25, 0.3) is 5.91 Å². The van der Waals surface area contributed by atoms with Crippen molar-refractivity contribution in [2.24, 2.45) is 0 Å². The zero-order valence-corrected chi connectivity index (χ0v) is 13.8. The monoisotopic (exact) mass is 340 g/mol. The van der Waals surface area contributed by atoms with Crippen molar-refractivity contribution in [1.82, 2.24) is 15.1 Å². The summed E-state index contributed by atoms with van der Waals surface area (Å²) in [5, 5.41) is 16.4. The predicted molar refractivity (Wildman–Crippen MR) is 87.7 cm³/mol. The van der Waals surface area contributed by atoms with Gasteiger partial charge in [0.2, 0.25) is 5.88 Å². The molecular formula is C18H17FN4O2. The Morgan fingerprint density at radius 3 is 3.00 bits per heavy atom. The van der Waals surface area contributed by atoms with E-state index in [9.17, 15) is 9.18 Å². The normalized spacial score (nSPS) is 15.9. The molecule has 0 unspecified atom stereocenters. The highest BCUT2D eigenvalue weighted by Crippen LogP contribution is 2.38. The summed E-state index contributed by atoms with van der Waals surface area (Å²) in [4.78, 5) is 12.6. The first-order valence-electron chi connectivity index (χ1n) is 8.33. The summed E-state index contributed by atoms with van der Waals surface area (Å²) < 4.78 is 21.6. The molecule has 2 aliphatic rings. The molecule has 0 radical (unpaired) electrons. The van der Waals surface area contributed by atoms with Crippen LogP contribution in [0.25, 0.3) is 11.1 Å². The number of hydrogen-bond acceptors (Lipinski definition) is 4. The number of amides is 1. The molecular weight excluding hydrogens is 323 g/mol. The SMILES string of the molecule is Cc1cc(C#N)c(F)cc1-c1c(C(=O)NC2CC2)nn2c1OCCC2. The standard InChI is InChI=1S/C18H17FN4O2/c1-10-7-11(9-20)14(19)8-13(10)15-16(17(24)21-12-3-4-12)22-23-5-2-6-25-18(15)23/h7-8,12H,2-6H2,1H3,(H,21,24). The molecule has 1 N–H and O–H groups in total. The molecule has 1 aliphatic heterocycles. The van der Waals surface area contributed by atoms with E-state index in [4.69, 9.17) is 10.00 Å². The lowest BCUT2D eigenvalue weighted by molar-refractivity contribution is 0.0945. The second-order valence-corrected chi connectivity index (χ2v) is 6.46. The van der Waals surface area contributed by atoms with Gasteiger partial charge in [-0.15, -0.1) is 0 Å². The highest BCUT2D eigenvalue weighted by molar-refractivity contribution is 6.01. The Kier molecular flexibility index (Phi) is 3.68. The van der Waals surface area contributed by atoms with Crippen LogP contribution in [0.3, 0.4) is 0 Å². The number of aromatic nitrogens is 2. The predicted octanol–water partition coefficient (Wildman–Crippen LogP) is 2.54. The summed E-state index contributed by atoms with van der Waals surface area (Å²) >= 11 is 0. The molecule has 0 atom stereocenters. The third-order valence-corrected chi connectivity index (χ3v) is 4.49. The number of hydrogen-bond donors (Lipinski definition) is 1. The van der Waals surface area contributed by atoms with Crippen molar-refractivity contribution < 1.29 is 13.9 Å². The molecule has 0 spiro atoms. The summed E-state index contributed by atoms with van der Waals surface area (Å²) in [6.45, 7) is 2.96. The Hall–Kier alpha value is -2.88. The molecule has 4 rings (SSSR count). The maximum Gasteiger partial charge on any atom is 0.272 e. The summed E-state index contributed by atoms with van der Waals surface area (Å²) in [7, 11) is 0.